The molecule has 0 saturated heterocycles. The fourth-order valence-corrected chi connectivity index (χ4v) is 1.89. The summed E-state index contributed by atoms with van der Waals surface area (Å²) in [6.07, 6.45) is 2.69. The monoisotopic (exact) mass is 249 g/mol. The first kappa shape index (κ1) is 15.2. The van der Waals surface area contributed by atoms with Crippen molar-refractivity contribution in [1.29, 1.82) is 0 Å². The van der Waals surface area contributed by atoms with Crippen molar-refractivity contribution in [1.82, 2.24) is 5.32 Å². The summed E-state index contributed by atoms with van der Waals surface area (Å²) in [7, 11) is 0. The van der Waals surface area contributed by atoms with Gasteiger partial charge in [-0.15, -0.1) is 0 Å². The van der Waals surface area contributed by atoms with Crippen molar-refractivity contribution in [3.05, 3.63) is 35.9 Å². The standard InChI is InChI=1S/C16H27NO/c1-14(2)18-12-8-7-11-17-13-15(3)16-9-5-4-6-10-16/h4-6,9-10,14-15,17H,7-8,11-13H2,1-3H3. The second-order valence-corrected chi connectivity index (χ2v) is 5.14. The molecule has 0 amide bonds. The third-order valence-corrected chi connectivity index (χ3v) is 3.02. The minimum atomic E-state index is 0.357. The van der Waals surface area contributed by atoms with Gasteiger partial charge in [0.25, 0.3) is 0 Å². The summed E-state index contributed by atoms with van der Waals surface area (Å²) in [5, 5.41) is 3.52. The Labute approximate surface area is 112 Å². The quantitative estimate of drug-likeness (QED) is 0.675. The third kappa shape index (κ3) is 6.77. The van der Waals surface area contributed by atoms with E-state index in [-0.39, 0.29) is 0 Å². The second kappa shape index (κ2) is 9.12. The van der Waals surface area contributed by atoms with Crippen LogP contribution in [-0.2, 0) is 4.74 Å². The van der Waals surface area contributed by atoms with Gasteiger partial charge in [-0.3, -0.25) is 0 Å². The molecule has 0 aliphatic rings. The summed E-state index contributed by atoms with van der Waals surface area (Å²) < 4.78 is 5.51. The van der Waals surface area contributed by atoms with Crippen molar-refractivity contribution in [3.63, 3.8) is 0 Å². The number of hydrogen-bond donors (Lipinski definition) is 1. The number of rotatable bonds is 9. The Balaban J connectivity index is 2.01. The van der Waals surface area contributed by atoms with Gasteiger partial charge in [0, 0.05) is 13.2 Å². The highest BCUT2D eigenvalue weighted by Gasteiger charge is 2.03. The molecule has 0 aromatic heterocycles. The van der Waals surface area contributed by atoms with Gasteiger partial charge in [-0.05, 0) is 44.7 Å². The SMILES string of the molecule is CC(C)OCCCCNCC(C)c1ccccc1. The Hall–Kier alpha value is -0.860. The molecule has 0 saturated carbocycles. The molecule has 0 aliphatic carbocycles. The molecule has 0 aliphatic heterocycles. The lowest BCUT2D eigenvalue weighted by Crippen LogP contribution is -2.21. The van der Waals surface area contributed by atoms with Gasteiger partial charge in [0.2, 0.25) is 0 Å². The Kier molecular flexibility index (Phi) is 7.70. The lowest BCUT2D eigenvalue weighted by atomic mass is 10.0. The minimum Gasteiger partial charge on any atom is -0.379 e. The lowest BCUT2D eigenvalue weighted by molar-refractivity contribution is 0.0760. The summed E-state index contributed by atoms with van der Waals surface area (Å²) in [6, 6.07) is 10.7. The van der Waals surface area contributed by atoms with Gasteiger partial charge in [0.05, 0.1) is 6.10 Å². The summed E-state index contributed by atoms with van der Waals surface area (Å²) >= 11 is 0. The molecule has 18 heavy (non-hydrogen) atoms. The van der Waals surface area contributed by atoms with Crippen LogP contribution in [0.1, 0.15) is 45.1 Å². The van der Waals surface area contributed by atoms with Crippen LogP contribution in [0.15, 0.2) is 30.3 Å². The maximum atomic E-state index is 5.51. The maximum absolute atomic E-state index is 5.51. The van der Waals surface area contributed by atoms with Crippen molar-refractivity contribution in [2.24, 2.45) is 0 Å². The van der Waals surface area contributed by atoms with Crippen LogP contribution in [-0.4, -0.2) is 25.8 Å². The fraction of sp³-hybridized carbons (Fsp3) is 0.625. The number of benzene rings is 1. The minimum absolute atomic E-state index is 0.357. The summed E-state index contributed by atoms with van der Waals surface area (Å²) in [4.78, 5) is 0. The topological polar surface area (TPSA) is 21.3 Å². The van der Waals surface area contributed by atoms with Crippen LogP contribution in [0, 0.1) is 0 Å². The zero-order valence-electron chi connectivity index (χ0n) is 12.0. The molecule has 0 heterocycles. The van der Waals surface area contributed by atoms with Crippen LogP contribution in [0.25, 0.3) is 0 Å². The normalized spacial score (nSPS) is 12.9. The predicted octanol–water partition coefficient (Wildman–Crippen LogP) is 3.58. The molecule has 0 fully saturated rings. The Bertz CT molecular complexity index is 297. The predicted molar refractivity (Wildman–Crippen MR) is 78.0 cm³/mol. The van der Waals surface area contributed by atoms with Gasteiger partial charge in [0.1, 0.15) is 0 Å². The van der Waals surface area contributed by atoms with Crippen molar-refractivity contribution < 1.29 is 4.74 Å². The molecular formula is C16H27NO. The summed E-state index contributed by atoms with van der Waals surface area (Å²) in [5.41, 5.74) is 1.41. The fourth-order valence-electron chi connectivity index (χ4n) is 1.89. The number of hydrogen-bond acceptors (Lipinski definition) is 2. The Morgan fingerprint density at radius 2 is 1.78 bits per heavy atom. The molecule has 1 unspecified atom stereocenters. The highest BCUT2D eigenvalue weighted by molar-refractivity contribution is 5.18. The second-order valence-electron chi connectivity index (χ2n) is 5.14. The molecule has 0 bridgehead atoms. The van der Waals surface area contributed by atoms with Crippen LogP contribution in [0.5, 0.6) is 0 Å². The van der Waals surface area contributed by atoms with E-state index in [2.05, 4.69) is 56.4 Å². The number of ether oxygens (including phenoxy) is 1. The average Bonchev–Trinajstić information content (AvgIpc) is 2.38. The summed E-state index contributed by atoms with van der Waals surface area (Å²) in [6.45, 7) is 9.45. The first-order valence-corrected chi connectivity index (χ1v) is 7.07. The largest absolute Gasteiger partial charge is 0.379 e. The van der Waals surface area contributed by atoms with E-state index in [1.165, 1.54) is 12.0 Å². The third-order valence-electron chi connectivity index (χ3n) is 3.02. The Morgan fingerprint density at radius 3 is 2.44 bits per heavy atom. The molecule has 0 spiro atoms. The molecule has 0 radical (unpaired) electrons. The molecule has 1 atom stereocenters. The Morgan fingerprint density at radius 1 is 1.06 bits per heavy atom. The molecule has 1 aromatic carbocycles. The zero-order chi connectivity index (χ0) is 13.2. The molecule has 1 N–H and O–H groups in total. The lowest BCUT2D eigenvalue weighted by Gasteiger charge is -2.13. The smallest absolute Gasteiger partial charge is 0.0518 e. The van der Waals surface area contributed by atoms with E-state index < -0.39 is 0 Å². The van der Waals surface area contributed by atoms with Crippen LogP contribution >= 0.6 is 0 Å². The van der Waals surface area contributed by atoms with E-state index in [9.17, 15) is 0 Å². The molecule has 2 heteroatoms. The van der Waals surface area contributed by atoms with Crippen LogP contribution in [0.2, 0.25) is 0 Å². The highest BCUT2D eigenvalue weighted by Crippen LogP contribution is 2.12. The van der Waals surface area contributed by atoms with Gasteiger partial charge >= 0.3 is 0 Å². The molecule has 2 nitrogen and oxygen atoms in total. The van der Waals surface area contributed by atoms with Crippen LogP contribution in [0.4, 0.5) is 0 Å². The molecular weight excluding hydrogens is 222 g/mol. The van der Waals surface area contributed by atoms with Crippen LogP contribution < -0.4 is 5.32 Å². The number of nitrogens with one attached hydrogen (secondary N) is 1. The first-order chi connectivity index (χ1) is 8.70. The van der Waals surface area contributed by atoms with Gasteiger partial charge in [-0.25, -0.2) is 0 Å². The first-order valence-electron chi connectivity index (χ1n) is 7.07. The average molecular weight is 249 g/mol. The molecule has 1 rings (SSSR count). The highest BCUT2D eigenvalue weighted by atomic mass is 16.5. The zero-order valence-corrected chi connectivity index (χ0v) is 12.0. The van der Waals surface area contributed by atoms with E-state index in [0.717, 1.165) is 26.1 Å². The van der Waals surface area contributed by atoms with E-state index in [1.807, 2.05) is 0 Å². The van der Waals surface area contributed by atoms with Gasteiger partial charge < -0.3 is 10.1 Å². The van der Waals surface area contributed by atoms with Crippen molar-refractivity contribution in [2.45, 2.75) is 45.6 Å². The van der Waals surface area contributed by atoms with E-state index in [0.29, 0.717) is 12.0 Å². The van der Waals surface area contributed by atoms with Crippen molar-refractivity contribution >= 4 is 0 Å². The van der Waals surface area contributed by atoms with Crippen molar-refractivity contribution in [3.8, 4) is 0 Å². The maximum Gasteiger partial charge on any atom is 0.0518 e. The van der Waals surface area contributed by atoms with E-state index >= 15 is 0 Å². The number of unbranched alkanes of at least 4 members (excludes halogenated alkanes) is 1. The van der Waals surface area contributed by atoms with Crippen molar-refractivity contribution in [2.75, 3.05) is 19.7 Å². The van der Waals surface area contributed by atoms with Gasteiger partial charge in [0.15, 0.2) is 0 Å². The molecule has 1 aromatic rings. The summed E-state index contributed by atoms with van der Waals surface area (Å²) in [5.74, 6) is 0.582. The van der Waals surface area contributed by atoms with E-state index in [4.69, 9.17) is 4.74 Å². The van der Waals surface area contributed by atoms with Gasteiger partial charge in [-0.1, -0.05) is 37.3 Å². The van der Waals surface area contributed by atoms with E-state index in [1.54, 1.807) is 0 Å². The molecule has 102 valence electrons. The van der Waals surface area contributed by atoms with Gasteiger partial charge in [-0.2, -0.15) is 0 Å². The van der Waals surface area contributed by atoms with Crippen LogP contribution in [0.3, 0.4) is 0 Å².